The molecule has 1 atom stereocenters. The van der Waals surface area contributed by atoms with Crippen LogP contribution in [0.1, 0.15) is 38.7 Å². The molecule has 136 valence electrons. The van der Waals surface area contributed by atoms with Crippen LogP contribution in [0.4, 0.5) is 0 Å². The summed E-state index contributed by atoms with van der Waals surface area (Å²) in [7, 11) is 1.80. The van der Waals surface area contributed by atoms with E-state index in [4.69, 9.17) is 4.74 Å². The summed E-state index contributed by atoms with van der Waals surface area (Å²) < 4.78 is 6.02. The fourth-order valence-electron chi connectivity index (χ4n) is 2.53. The Balaban J connectivity index is 0.00000288. The van der Waals surface area contributed by atoms with Crippen molar-refractivity contribution in [2.45, 2.75) is 44.4 Å². The minimum atomic E-state index is 0. The van der Waals surface area contributed by atoms with Gasteiger partial charge in [-0.15, -0.1) is 24.0 Å². The number of hydrogen-bond donors (Lipinski definition) is 2. The van der Waals surface area contributed by atoms with Gasteiger partial charge in [0, 0.05) is 36.6 Å². The van der Waals surface area contributed by atoms with E-state index in [1.807, 2.05) is 23.9 Å². The van der Waals surface area contributed by atoms with E-state index in [0.717, 1.165) is 24.5 Å². The lowest BCUT2D eigenvalue weighted by atomic mass is 10.1. The highest BCUT2D eigenvalue weighted by Gasteiger charge is 2.29. The first-order chi connectivity index (χ1) is 11.2. The molecule has 1 aliphatic rings. The van der Waals surface area contributed by atoms with Gasteiger partial charge >= 0.3 is 0 Å². The van der Waals surface area contributed by atoms with E-state index in [1.165, 1.54) is 18.6 Å². The average Bonchev–Trinajstić information content (AvgIpc) is 3.01. The molecule has 2 rings (SSSR count). The molecule has 0 aliphatic carbocycles. The Kier molecular flexibility index (Phi) is 9.80. The lowest BCUT2D eigenvalue weighted by Gasteiger charge is -2.24. The van der Waals surface area contributed by atoms with E-state index in [1.54, 1.807) is 13.2 Å². The van der Waals surface area contributed by atoms with Gasteiger partial charge < -0.3 is 15.4 Å². The summed E-state index contributed by atoms with van der Waals surface area (Å²) in [5.41, 5.74) is 1.05. The molecular weight excluding hydrogens is 435 g/mol. The highest BCUT2D eigenvalue weighted by Crippen LogP contribution is 2.36. The number of ether oxygens (including phenoxy) is 1. The first kappa shape index (κ1) is 21.3. The zero-order valence-electron chi connectivity index (χ0n) is 14.8. The number of pyridine rings is 1. The second-order valence-electron chi connectivity index (χ2n) is 6.00. The molecule has 24 heavy (non-hydrogen) atoms. The molecule has 1 unspecified atom stereocenters. The molecule has 2 heterocycles. The number of hydrogen-bond acceptors (Lipinski definition) is 4. The van der Waals surface area contributed by atoms with E-state index in [9.17, 15) is 0 Å². The number of nitrogens with one attached hydrogen (secondary N) is 2. The maximum atomic E-state index is 5.69. The van der Waals surface area contributed by atoms with E-state index >= 15 is 0 Å². The van der Waals surface area contributed by atoms with Crippen molar-refractivity contribution < 1.29 is 4.74 Å². The highest BCUT2D eigenvalue weighted by atomic mass is 127. The zero-order chi connectivity index (χ0) is 16.5. The Labute approximate surface area is 166 Å². The van der Waals surface area contributed by atoms with Gasteiger partial charge in [-0.3, -0.25) is 4.99 Å². The van der Waals surface area contributed by atoms with Crippen LogP contribution in [-0.2, 0) is 6.54 Å². The van der Waals surface area contributed by atoms with Gasteiger partial charge in [-0.25, -0.2) is 4.98 Å². The van der Waals surface area contributed by atoms with Crippen molar-refractivity contribution in [1.82, 2.24) is 15.6 Å². The minimum Gasteiger partial charge on any atom is -0.477 e. The van der Waals surface area contributed by atoms with Gasteiger partial charge in [0.15, 0.2) is 5.96 Å². The lowest BCUT2D eigenvalue weighted by molar-refractivity contribution is 0.301. The maximum absolute atomic E-state index is 5.69. The molecule has 1 aromatic rings. The molecule has 0 bridgehead atoms. The van der Waals surface area contributed by atoms with Gasteiger partial charge in [0.2, 0.25) is 5.88 Å². The third kappa shape index (κ3) is 6.66. The Hall–Kier alpha value is -0.700. The summed E-state index contributed by atoms with van der Waals surface area (Å²) >= 11 is 2.05. The van der Waals surface area contributed by atoms with Gasteiger partial charge in [-0.2, -0.15) is 11.8 Å². The summed E-state index contributed by atoms with van der Waals surface area (Å²) in [6, 6.07) is 3.97. The number of nitrogens with zero attached hydrogens (tertiary/aromatic N) is 2. The first-order valence-corrected chi connectivity index (χ1v) is 9.30. The standard InChI is InChI=1S/C17H28N4OS.HI/c1-4-10-22-15-14(7-5-9-19-15)12-20-16(18-3)21-13-17(2)8-6-11-23-17;/h5,7,9H,4,6,8,10-13H2,1-3H3,(H2,18,20,21);1H. The fraction of sp³-hybridized carbons (Fsp3) is 0.647. The van der Waals surface area contributed by atoms with Crippen molar-refractivity contribution in [3.8, 4) is 5.88 Å². The SMILES string of the molecule is CCCOc1ncccc1CNC(=NC)NCC1(C)CCCS1.I. The Morgan fingerprint density at radius 2 is 2.29 bits per heavy atom. The monoisotopic (exact) mass is 464 g/mol. The zero-order valence-corrected chi connectivity index (χ0v) is 17.9. The van der Waals surface area contributed by atoms with Crippen molar-refractivity contribution in [3.63, 3.8) is 0 Å². The molecule has 1 saturated heterocycles. The molecule has 2 N–H and O–H groups in total. The van der Waals surface area contributed by atoms with E-state index in [-0.39, 0.29) is 24.0 Å². The number of thioether (sulfide) groups is 1. The van der Waals surface area contributed by atoms with Crippen molar-refractivity contribution >= 4 is 41.7 Å². The van der Waals surface area contributed by atoms with E-state index in [0.29, 0.717) is 23.8 Å². The number of aliphatic imine (C=N–C) groups is 1. The summed E-state index contributed by atoms with van der Waals surface area (Å²) in [5.74, 6) is 2.79. The minimum absolute atomic E-state index is 0. The predicted octanol–water partition coefficient (Wildman–Crippen LogP) is 3.44. The third-order valence-electron chi connectivity index (χ3n) is 3.89. The topological polar surface area (TPSA) is 58.5 Å². The maximum Gasteiger partial charge on any atom is 0.218 e. The Bertz CT molecular complexity index is 521. The lowest BCUT2D eigenvalue weighted by Crippen LogP contribution is -2.43. The molecule has 1 fully saturated rings. The number of rotatable bonds is 7. The van der Waals surface area contributed by atoms with Crippen molar-refractivity contribution in [1.29, 1.82) is 0 Å². The molecule has 0 amide bonds. The van der Waals surface area contributed by atoms with Crippen LogP contribution in [0.3, 0.4) is 0 Å². The summed E-state index contributed by atoms with van der Waals surface area (Å²) in [5, 5.41) is 6.79. The van der Waals surface area contributed by atoms with Crippen molar-refractivity contribution in [2.24, 2.45) is 4.99 Å². The molecule has 1 aromatic heterocycles. The summed E-state index contributed by atoms with van der Waals surface area (Å²) in [4.78, 5) is 8.63. The molecule has 0 saturated carbocycles. The second-order valence-corrected chi connectivity index (χ2v) is 7.68. The average molecular weight is 464 g/mol. The quantitative estimate of drug-likeness (QED) is 0.368. The molecule has 7 heteroatoms. The van der Waals surface area contributed by atoms with Crippen LogP contribution in [0, 0.1) is 0 Å². The van der Waals surface area contributed by atoms with Crippen LogP contribution < -0.4 is 15.4 Å². The Morgan fingerprint density at radius 3 is 2.96 bits per heavy atom. The molecule has 1 aliphatic heterocycles. The first-order valence-electron chi connectivity index (χ1n) is 8.32. The molecule has 0 aromatic carbocycles. The van der Waals surface area contributed by atoms with Gasteiger partial charge in [-0.1, -0.05) is 13.0 Å². The van der Waals surface area contributed by atoms with Crippen LogP contribution in [0.15, 0.2) is 23.3 Å². The highest BCUT2D eigenvalue weighted by molar-refractivity contribution is 14.0. The molecule has 0 spiro atoms. The van der Waals surface area contributed by atoms with E-state index in [2.05, 4.69) is 34.5 Å². The second kappa shape index (κ2) is 11.0. The van der Waals surface area contributed by atoms with Gasteiger partial charge in [-0.05, 0) is 38.0 Å². The normalized spacial score (nSPS) is 20.4. The predicted molar refractivity (Wildman–Crippen MR) is 114 cm³/mol. The number of halogens is 1. The smallest absolute Gasteiger partial charge is 0.218 e. The third-order valence-corrected chi connectivity index (χ3v) is 5.43. The molecule has 0 radical (unpaired) electrons. The van der Waals surface area contributed by atoms with Crippen LogP contribution in [-0.4, -0.2) is 41.6 Å². The Morgan fingerprint density at radius 1 is 1.46 bits per heavy atom. The van der Waals surface area contributed by atoms with Crippen molar-refractivity contribution in [2.75, 3.05) is 26.0 Å². The summed E-state index contributed by atoms with van der Waals surface area (Å²) in [6.07, 6.45) is 5.31. The van der Waals surface area contributed by atoms with Gasteiger partial charge in [0.05, 0.1) is 6.61 Å². The summed E-state index contributed by atoms with van der Waals surface area (Å²) in [6.45, 7) is 6.68. The number of guanidine groups is 1. The number of aromatic nitrogens is 1. The molecular formula is C17H29IN4OS. The fourth-order valence-corrected chi connectivity index (χ4v) is 3.78. The molecule has 5 nitrogen and oxygen atoms in total. The van der Waals surface area contributed by atoms with Crippen LogP contribution in [0.2, 0.25) is 0 Å². The van der Waals surface area contributed by atoms with Crippen LogP contribution in [0.5, 0.6) is 5.88 Å². The largest absolute Gasteiger partial charge is 0.477 e. The van der Waals surface area contributed by atoms with Gasteiger partial charge in [0.1, 0.15) is 0 Å². The van der Waals surface area contributed by atoms with Crippen LogP contribution >= 0.6 is 35.7 Å². The van der Waals surface area contributed by atoms with Crippen LogP contribution in [0.25, 0.3) is 0 Å². The van der Waals surface area contributed by atoms with E-state index < -0.39 is 0 Å². The van der Waals surface area contributed by atoms with Crippen molar-refractivity contribution in [3.05, 3.63) is 23.9 Å². The van der Waals surface area contributed by atoms with Gasteiger partial charge in [0.25, 0.3) is 0 Å².